The minimum absolute atomic E-state index is 0.0642. The molecule has 0 aliphatic rings. The minimum Gasteiger partial charge on any atom is -0.349 e. The molecule has 1 aromatic carbocycles. The molecule has 3 aromatic rings. The minimum atomic E-state index is -0.0852. The Kier molecular flexibility index (Phi) is 6.08. The predicted molar refractivity (Wildman–Crippen MR) is 107 cm³/mol. The topological polar surface area (TPSA) is 98.7 Å². The third-order valence-corrected chi connectivity index (χ3v) is 5.13. The van der Waals surface area contributed by atoms with Gasteiger partial charge in [0.2, 0.25) is 11.1 Å². The maximum atomic E-state index is 12.3. The van der Waals surface area contributed by atoms with Crippen LogP contribution in [-0.2, 0) is 11.2 Å². The lowest BCUT2D eigenvalue weighted by Gasteiger charge is -2.14. The fourth-order valence-corrected chi connectivity index (χ4v) is 3.27. The van der Waals surface area contributed by atoms with Gasteiger partial charge in [-0.15, -0.1) is 10.2 Å². The molecular weight excluding hydrogens is 360 g/mol. The van der Waals surface area contributed by atoms with E-state index in [4.69, 9.17) is 5.84 Å². The Morgan fingerprint density at radius 2 is 2.04 bits per heavy atom. The van der Waals surface area contributed by atoms with E-state index in [1.54, 1.807) is 18.5 Å². The molecule has 0 radical (unpaired) electrons. The van der Waals surface area contributed by atoms with Crippen LogP contribution < -0.4 is 11.2 Å². The molecule has 8 heteroatoms. The molecule has 2 aromatic heterocycles. The second kappa shape index (κ2) is 8.68. The van der Waals surface area contributed by atoms with Gasteiger partial charge in [-0.25, -0.2) is 4.68 Å². The van der Waals surface area contributed by atoms with E-state index >= 15 is 0 Å². The molecule has 0 aliphatic heterocycles. The molecule has 0 spiro atoms. The van der Waals surface area contributed by atoms with Crippen LogP contribution in [0.3, 0.4) is 0 Å². The van der Waals surface area contributed by atoms with Crippen LogP contribution in [0.15, 0.2) is 53.9 Å². The number of aryl methyl sites for hydroxylation is 1. The summed E-state index contributed by atoms with van der Waals surface area (Å²) in [5.41, 5.74) is 3.12. The Labute approximate surface area is 162 Å². The first-order valence-corrected chi connectivity index (χ1v) is 9.69. The maximum absolute atomic E-state index is 12.3. The highest BCUT2D eigenvalue weighted by atomic mass is 32.2. The van der Waals surface area contributed by atoms with Gasteiger partial charge in [0.05, 0.1) is 11.8 Å². The average molecular weight is 382 g/mol. The number of nitrogens with two attached hydrogens (primary N) is 1. The number of thioether (sulfide) groups is 1. The Hall–Kier alpha value is -2.87. The summed E-state index contributed by atoms with van der Waals surface area (Å²) in [6.07, 6.45) is 4.34. The van der Waals surface area contributed by atoms with Crippen LogP contribution in [0.2, 0.25) is 0 Å². The second-order valence-corrected chi connectivity index (χ2v) is 7.03. The van der Waals surface area contributed by atoms with Crippen molar-refractivity contribution < 1.29 is 4.79 Å². The summed E-state index contributed by atoms with van der Waals surface area (Å²) in [6.45, 7) is 4.09. The van der Waals surface area contributed by atoms with Crippen molar-refractivity contribution in [3.8, 4) is 11.4 Å². The van der Waals surface area contributed by atoms with E-state index in [1.807, 2.05) is 25.1 Å². The largest absolute Gasteiger partial charge is 0.349 e. The number of benzene rings is 1. The van der Waals surface area contributed by atoms with Gasteiger partial charge in [-0.1, -0.05) is 43.0 Å². The van der Waals surface area contributed by atoms with E-state index in [0.29, 0.717) is 11.0 Å². The first-order valence-electron chi connectivity index (χ1n) is 8.70. The molecule has 0 aliphatic carbocycles. The predicted octanol–water partition coefficient (Wildman–Crippen LogP) is 2.59. The van der Waals surface area contributed by atoms with Crippen molar-refractivity contribution in [1.29, 1.82) is 0 Å². The summed E-state index contributed by atoms with van der Waals surface area (Å²) in [6, 6.07) is 11.9. The number of nitrogen functional groups attached to an aromatic ring is 1. The van der Waals surface area contributed by atoms with Crippen molar-refractivity contribution in [2.75, 3.05) is 11.6 Å². The Morgan fingerprint density at radius 3 is 2.70 bits per heavy atom. The third kappa shape index (κ3) is 4.65. The van der Waals surface area contributed by atoms with Gasteiger partial charge in [-0.2, -0.15) is 0 Å². The van der Waals surface area contributed by atoms with Gasteiger partial charge in [0.1, 0.15) is 0 Å². The molecule has 27 heavy (non-hydrogen) atoms. The molecule has 0 fully saturated rings. The first-order chi connectivity index (χ1) is 13.1. The lowest BCUT2D eigenvalue weighted by Crippen LogP contribution is -2.28. The van der Waals surface area contributed by atoms with Crippen LogP contribution in [-0.4, -0.2) is 31.5 Å². The highest BCUT2D eigenvalue weighted by Gasteiger charge is 2.15. The molecule has 0 unspecified atom stereocenters. The van der Waals surface area contributed by atoms with E-state index in [2.05, 4.69) is 39.6 Å². The molecule has 1 atom stereocenters. The summed E-state index contributed by atoms with van der Waals surface area (Å²) >= 11 is 1.25. The fourth-order valence-electron chi connectivity index (χ4n) is 2.61. The van der Waals surface area contributed by atoms with Gasteiger partial charge in [-0.05, 0) is 36.6 Å². The lowest BCUT2D eigenvalue weighted by atomic mass is 10.1. The summed E-state index contributed by atoms with van der Waals surface area (Å²) in [5, 5.41) is 11.6. The lowest BCUT2D eigenvalue weighted by molar-refractivity contribution is -0.119. The van der Waals surface area contributed by atoms with Gasteiger partial charge >= 0.3 is 0 Å². The molecule has 2 heterocycles. The van der Waals surface area contributed by atoms with Gasteiger partial charge < -0.3 is 11.2 Å². The van der Waals surface area contributed by atoms with E-state index < -0.39 is 0 Å². The fraction of sp³-hybridized carbons (Fsp3) is 0.263. The van der Waals surface area contributed by atoms with Crippen molar-refractivity contribution in [2.24, 2.45) is 0 Å². The van der Waals surface area contributed by atoms with E-state index in [-0.39, 0.29) is 17.7 Å². The van der Waals surface area contributed by atoms with Crippen LogP contribution in [0.25, 0.3) is 11.4 Å². The van der Waals surface area contributed by atoms with Crippen LogP contribution >= 0.6 is 11.8 Å². The Bertz CT molecular complexity index is 894. The Morgan fingerprint density at radius 1 is 1.26 bits per heavy atom. The SMILES string of the molecule is CCc1ccc([C@@H](C)NC(=O)CSc2nnc(-c3cccnc3)n2N)cc1. The van der Waals surface area contributed by atoms with E-state index in [1.165, 1.54) is 22.0 Å². The van der Waals surface area contributed by atoms with Gasteiger partial charge in [0.25, 0.3) is 0 Å². The molecule has 3 N–H and O–H groups in total. The molecule has 0 saturated carbocycles. The van der Waals surface area contributed by atoms with E-state index in [0.717, 1.165) is 17.5 Å². The molecule has 0 bridgehead atoms. The number of rotatable bonds is 7. The first kappa shape index (κ1) is 18.9. The summed E-state index contributed by atoms with van der Waals surface area (Å²) in [5.74, 6) is 6.69. The molecule has 7 nitrogen and oxygen atoms in total. The molecule has 3 rings (SSSR count). The highest BCUT2D eigenvalue weighted by Crippen LogP contribution is 2.21. The molecule has 140 valence electrons. The number of pyridine rings is 1. The molecular formula is C19H22N6OS. The maximum Gasteiger partial charge on any atom is 0.230 e. The zero-order valence-corrected chi connectivity index (χ0v) is 16.1. The van der Waals surface area contributed by atoms with Crippen LogP contribution in [0.5, 0.6) is 0 Å². The van der Waals surface area contributed by atoms with Crippen molar-refractivity contribution in [1.82, 2.24) is 25.2 Å². The number of carbonyl (C=O) groups excluding carboxylic acids is 1. The quantitative estimate of drug-likeness (QED) is 0.481. The van der Waals surface area contributed by atoms with Crippen molar-refractivity contribution >= 4 is 17.7 Å². The third-order valence-electron chi connectivity index (χ3n) is 4.18. The van der Waals surface area contributed by atoms with Crippen molar-refractivity contribution in [2.45, 2.75) is 31.5 Å². The Balaban J connectivity index is 1.57. The average Bonchev–Trinajstić information content (AvgIpc) is 3.07. The number of aromatic nitrogens is 4. The second-order valence-electron chi connectivity index (χ2n) is 6.09. The summed E-state index contributed by atoms with van der Waals surface area (Å²) < 4.78 is 1.38. The monoisotopic (exact) mass is 382 g/mol. The summed E-state index contributed by atoms with van der Waals surface area (Å²) in [7, 11) is 0. The van der Waals surface area contributed by atoms with Gasteiger partial charge in [0.15, 0.2) is 5.82 Å². The smallest absolute Gasteiger partial charge is 0.230 e. The van der Waals surface area contributed by atoms with Crippen molar-refractivity contribution in [3.05, 3.63) is 59.9 Å². The van der Waals surface area contributed by atoms with Crippen LogP contribution in [0, 0.1) is 0 Å². The number of carbonyl (C=O) groups is 1. The van der Waals surface area contributed by atoms with Crippen LogP contribution in [0.4, 0.5) is 0 Å². The van der Waals surface area contributed by atoms with Crippen molar-refractivity contribution in [3.63, 3.8) is 0 Å². The number of hydrogen-bond donors (Lipinski definition) is 2. The van der Waals surface area contributed by atoms with Gasteiger partial charge in [-0.3, -0.25) is 9.78 Å². The number of hydrogen-bond acceptors (Lipinski definition) is 6. The summed E-state index contributed by atoms with van der Waals surface area (Å²) in [4.78, 5) is 16.3. The highest BCUT2D eigenvalue weighted by molar-refractivity contribution is 7.99. The molecule has 1 amide bonds. The standard InChI is InChI=1S/C19H22N6OS/c1-3-14-6-8-15(9-7-14)13(2)22-17(26)12-27-19-24-23-18(25(19)20)16-5-4-10-21-11-16/h4-11,13H,3,12,20H2,1-2H3,(H,22,26)/t13-/m1/s1. The normalized spacial score (nSPS) is 11.9. The number of nitrogens with zero attached hydrogens (tertiary/aromatic N) is 4. The molecule has 0 saturated heterocycles. The number of amides is 1. The zero-order chi connectivity index (χ0) is 19.2. The van der Waals surface area contributed by atoms with Gasteiger partial charge in [0, 0.05) is 18.0 Å². The van der Waals surface area contributed by atoms with Crippen LogP contribution in [0.1, 0.15) is 31.0 Å². The van der Waals surface area contributed by atoms with E-state index in [9.17, 15) is 4.79 Å². The number of nitrogens with one attached hydrogen (secondary N) is 1. The zero-order valence-electron chi connectivity index (χ0n) is 15.3.